The maximum absolute atomic E-state index is 2.47. The standard InChI is InChI=1S/C46H36N2/c1-45(2)35-13-5-9-17-39(35)47(40-18-10-6-14-36(40)45)33-25-29-21-23-31-27-34(28-32-24-22-30(26-33)43(29)44(31)32)48-41-19-11-7-15-37(41)46(3,4)38-16-8-12-20-42(38)48/h5-28H,1-4H3. The van der Waals surface area contributed by atoms with E-state index < -0.39 is 0 Å². The molecule has 0 amide bonds. The van der Waals surface area contributed by atoms with Gasteiger partial charge in [-0.05, 0) is 103 Å². The minimum atomic E-state index is -0.0807. The normalized spacial score (nSPS) is 15.8. The third-order valence-electron chi connectivity index (χ3n) is 11.3. The Hall–Kier alpha value is -5.60. The van der Waals surface area contributed by atoms with E-state index in [0.29, 0.717) is 0 Å². The Morgan fingerprint density at radius 3 is 0.854 bits per heavy atom. The Labute approximate surface area is 281 Å². The zero-order valence-electron chi connectivity index (χ0n) is 27.8. The molecule has 2 aliphatic heterocycles. The SMILES string of the molecule is CC1(C)c2ccccc2N(c2cc3ccc4cc(N5c6ccccc6C(C)(C)c6ccccc65)cc5ccc(c2)c3c45)c2ccccc21. The van der Waals surface area contributed by atoms with E-state index in [9.17, 15) is 0 Å². The third-order valence-corrected chi connectivity index (χ3v) is 11.3. The van der Waals surface area contributed by atoms with Gasteiger partial charge in [-0.25, -0.2) is 0 Å². The van der Waals surface area contributed by atoms with E-state index in [-0.39, 0.29) is 10.8 Å². The highest BCUT2D eigenvalue weighted by Gasteiger charge is 2.38. The molecule has 0 aromatic heterocycles. The number of nitrogens with zero attached hydrogens (tertiary/aromatic N) is 2. The number of hydrogen-bond donors (Lipinski definition) is 0. The molecular weight excluding hydrogens is 581 g/mol. The summed E-state index contributed by atoms with van der Waals surface area (Å²) in [5.74, 6) is 0. The summed E-state index contributed by atoms with van der Waals surface area (Å²) >= 11 is 0. The van der Waals surface area contributed by atoms with Crippen LogP contribution in [0.2, 0.25) is 0 Å². The summed E-state index contributed by atoms with van der Waals surface area (Å²) in [4.78, 5) is 4.94. The van der Waals surface area contributed by atoms with Gasteiger partial charge in [0.05, 0.1) is 22.7 Å². The molecule has 0 saturated heterocycles. The molecule has 0 radical (unpaired) electrons. The molecule has 0 atom stereocenters. The maximum atomic E-state index is 2.47. The second-order valence-electron chi connectivity index (χ2n) is 14.7. The lowest BCUT2D eigenvalue weighted by molar-refractivity contribution is 0.632. The topological polar surface area (TPSA) is 6.48 Å². The quantitative estimate of drug-likeness (QED) is 0.178. The van der Waals surface area contributed by atoms with Crippen LogP contribution in [0.5, 0.6) is 0 Å². The zero-order chi connectivity index (χ0) is 32.4. The molecule has 2 heterocycles. The first-order valence-corrected chi connectivity index (χ1v) is 17.0. The fourth-order valence-corrected chi connectivity index (χ4v) is 8.96. The minimum absolute atomic E-state index is 0.0807. The molecule has 10 rings (SSSR count). The summed E-state index contributed by atoms with van der Waals surface area (Å²) in [6, 6.07) is 54.5. The van der Waals surface area contributed by atoms with Crippen LogP contribution in [0.15, 0.2) is 146 Å². The Bertz CT molecular complexity index is 2240. The van der Waals surface area contributed by atoms with Gasteiger partial charge in [0.25, 0.3) is 0 Å². The second kappa shape index (κ2) is 9.49. The van der Waals surface area contributed by atoms with Gasteiger partial charge in [-0.3, -0.25) is 0 Å². The molecule has 0 bridgehead atoms. The van der Waals surface area contributed by atoms with E-state index in [1.807, 2.05) is 0 Å². The van der Waals surface area contributed by atoms with Crippen molar-refractivity contribution in [2.24, 2.45) is 0 Å². The van der Waals surface area contributed by atoms with Gasteiger partial charge in [-0.15, -0.1) is 0 Å². The van der Waals surface area contributed by atoms with Gasteiger partial charge >= 0.3 is 0 Å². The minimum Gasteiger partial charge on any atom is -0.310 e. The van der Waals surface area contributed by atoms with Crippen LogP contribution < -0.4 is 9.80 Å². The molecule has 8 aromatic carbocycles. The Morgan fingerprint density at radius 2 is 0.583 bits per heavy atom. The van der Waals surface area contributed by atoms with E-state index >= 15 is 0 Å². The molecule has 230 valence electrons. The summed E-state index contributed by atoms with van der Waals surface area (Å²) in [5.41, 5.74) is 12.7. The fraction of sp³-hybridized carbons (Fsp3) is 0.130. The van der Waals surface area contributed by atoms with Crippen LogP contribution in [0, 0.1) is 0 Å². The average molecular weight is 617 g/mol. The van der Waals surface area contributed by atoms with Gasteiger partial charge in [0, 0.05) is 22.2 Å². The maximum Gasteiger partial charge on any atom is 0.0502 e. The van der Waals surface area contributed by atoms with Crippen LogP contribution in [0.4, 0.5) is 34.1 Å². The van der Waals surface area contributed by atoms with Crippen molar-refractivity contribution < 1.29 is 0 Å². The fourth-order valence-electron chi connectivity index (χ4n) is 8.96. The molecule has 0 saturated carbocycles. The number of rotatable bonds is 2. The van der Waals surface area contributed by atoms with Crippen LogP contribution in [-0.2, 0) is 10.8 Å². The summed E-state index contributed by atoms with van der Waals surface area (Å²) in [7, 11) is 0. The van der Waals surface area contributed by atoms with Crippen molar-refractivity contribution in [1.82, 2.24) is 0 Å². The highest BCUT2D eigenvalue weighted by Crippen LogP contribution is 2.54. The third kappa shape index (κ3) is 3.58. The van der Waals surface area contributed by atoms with Gasteiger partial charge < -0.3 is 9.80 Å². The van der Waals surface area contributed by atoms with E-state index in [1.165, 1.54) is 88.7 Å². The number of hydrogen-bond acceptors (Lipinski definition) is 2. The molecular formula is C46H36N2. The molecule has 0 unspecified atom stereocenters. The first kappa shape index (κ1) is 27.5. The number of anilines is 6. The molecule has 8 aromatic rings. The highest BCUT2D eigenvalue weighted by molar-refractivity contribution is 6.24. The van der Waals surface area contributed by atoms with Crippen LogP contribution in [0.1, 0.15) is 49.9 Å². The van der Waals surface area contributed by atoms with Gasteiger partial charge in [-0.1, -0.05) is 125 Å². The van der Waals surface area contributed by atoms with E-state index in [0.717, 1.165) is 0 Å². The van der Waals surface area contributed by atoms with E-state index in [4.69, 9.17) is 0 Å². The average Bonchev–Trinajstić information content (AvgIpc) is 3.11. The van der Waals surface area contributed by atoms with Crippen molar-refractivity contribution in [1.29, 1.82) is 0 Å². The van der Waals surface area contributed by atoms with Crippen molar-refractivity contribution in [3.05, 3.63) is 168 Å². The van der Waals surface area contributed by atoms with Crippen molar-refractivity contribution in [2.45, 2.75) is 38.5 Å². The smallest absolute Gasteiger partial charge is 0.0502 e. The largest absolute Gasteiger partial charge is 0.310 e. The van der Waals surface area contributed by atoms with Crippen LogP contribution >= 0.6 is 0 Å². The van der Waals surface area contributed by atoms with Gasteiger partial charge in [0.15, 0.2) is 0 Å². The summed E-state index contributed by atoms with van der Waals surface area (Å²) in [5, 5.41) is 7.74. The summed E-state index contributed by atoms with van der Waals surface area (Å²) in [6.07, 6.45) is 0. The second-order valence-corrected chi connectivity index (χ2v) is 14.7. The van der Waals surface area contributed by atoms with Gasteiger partial charge in [-0.2, -0.15) is 0 Å². The van der Waals surface area contributed by atoms with Crippen molar-refractivity contribution in [2.75, 3.05) is 9.80 Å². The number of fused-ring (bicyclic) bond motifs is 4. The summed E-state index contributed by atoms with van der Waals surface area (Å²) < 4.78 is 0. The predicted molar refractivity (Wildman–Crippen MR) is 204 cm³/mol. The lowest BCUT2D eigenvalue weighted by Crippen LogP contribution is -2.30. The molecule has 2 aliphatic rings. The molecule has 0 fully saturated rings. The predicted octanol–water partition coefficient (Wildman–Crippen LogP) is 12.8. The summed E-state index contributed by atoms with van der Waals surface area (Å²) in [6.45, 7) is 9.38. The molecule has 0 N–H and O–H groups in total. The van der Waals surface area contributed by atoms with Crippen LogP contribution in [-0.4, -0.2) is 0 Å². The van der Waals surface area contributed by atoms with Crippen LogP contribution in [0.3, 0.4) is 0 Å². The Morgan fingerprint density at radius 1 is 0.333 bits per heavy atom. The first-order valence-electron chi connectivity index (χ1n) is 17.0. The van der Waals surface area contributed by atoms with Gasteiger partial charge in [0.1, 0.15) is 0 Å². The lowest BCUT2D eigenvalue weighted by atomic mass is 9.73. The van der Waals surface area contributed by atoms with E-state index in [2.05, 4.69) is 183 Å². The highest BCUT2D eigenvalue weighted by atomic mass is 15.2. The van der Waals surface area contributed by atoms with Crippen molar-refractivity contribution in [3.8, 4) is 0 Å². The van der Waals surface area contributed by atoms with Crippen molar-refractivity contribution >= 4 is 66.4 Å². The Balaban J connectivity index is 1.17. The molecule has 0 aliphatic carbocycles. The number of para-hydroxylation sites is 4. The molecule has 2 nitrogen and oxygen atoms in total. The molecule has 0 spiro atoms. The molecule has 2 heteroatoms. The van der Waals surface area contributed by atoms with Crippen molar-refractivity contribution in [3.63, 3.8) is 0 Å². The van der Waals surface area contributed by atoms with Crippen LogP contribution in [0.25, 0.3) is 32.3 Å². The van der Waals surface area contributed by atoms with E-state index in [1.54, 1.807) is 0 Å². The number of benzene rings is 8. The first-order chi connectivity index (χ1) is 23.3. The zero-order valence-corrected chi connectivity index (χ0v) is 27.8. The molecule has 48 heavy (non-hydrogen) atoms. The van der Waals surface area contributed by atoms with Gasteiger partial charge in [0.2, 0.25) is 0 Å². The Kier molecular flexibility index (Phi) is 5.44. The lowest BCUT2D eigenvalue weighted by Gasteiger charge is -2.42. The monoisotopic (exact) mass is 616 g/mol.